The Balaban J connectivity index is 1.18. The summed E-state index contributed by atoms with van der Waals surface area (Å²) in [7, 11) is 0. The van der Waals surface area contributed by atoms with Crippen LogP contribution in [-0.2, 0) is 14.3 Å². The van der Waals surface area contributed by atoms with Gasteiger partial charge in [-0.3, -0.25) is 9.59 Å². The average Bonchev–Trinajstić information content (AvgIpc) is 3.49. The first-order chi connectivity index (χ1) is 16.5. The molecule has 2 aromatic carbocycles. The first-order valence-electron chi connectivity index (χ1n) is 12.1. The second-order valence-corrected chi connectivity index (χ2v) is 9.67. The lowest BCUT2D eigenvalue weighted by Crippen LogP contribution is -2.45. The van der Waals surface area contributed by atoms with Crippen LogP contribution in [0.25, 0.3) is 11.1 Å². The van der Waals surface area contributed by atoms with Crippen LogP contribution in [0.4, 0.5) is 4.79 Å². The zero-order valence-corrected chi connectivity index (χ0v) is 19.0. The molecule has 0 radical (unpaired) electrons. The van der Waals surface area contributed by atoms with Gasteiger partial charge in [-0.15, -0.1) is 0 Å². The quantitative estimate of drug-likeness (QED) is 0.549. The number of rotatable bonds is 8. The molecule has 0 aromatic heterocycles. The average molecular weight is 463 g/mol. The Hall–Kier alpha value is -3.35. The fraction of sp³-hybridized carbons (Fsp3) is 0.444. The van der Waals surface area contributed by atoms with E-state index in [1.165, 1.54) is 11.1 Å². The number of alkyl carbamates (subject to hydrolysis) is 1. The molecule has 3 aliphatic rings. The van der Waals surface area contributed by atoms with Crippen LogP contribution in [0.15, 0.2) is 48.5 Å². The highest BCUT2D eigenvalue weighted by Gasteiger charge is 2.37. The third-order valence-electron chi connectivity index (χ3n) is 7.42. The fourth-order valence-corrected chi connectivity index (χ4v) is 5.52. The van der Waals surface area contributed by atoms with Crippen LogP contribution in [0.2, 0.25) is 0 Å². The number of amides is 2. The first-order valence-corrected chi connectivity index (χ1v) is 12.1. The van der Waals surface area contributed by atoms with Crippen LogP contribution in [0.1, 0.15) is 55.6 Å². The smallest absolute Gasteiger partial charge is 0.407 e. The first kappa shape index (κ1) is 22.4. The van der Waals surface area contributed by atoms with Gasteiger partial charge in [0.2, 0.25) is 5.91 Å². The Morgan fingerprint density at radius 2 is 1.59 bits per heavy atom. The number of carboxylic acid groups (broad SMARTS) is 1. The van der Waals surface area contributed by atoms with Crippen molar-refractivity contribution in [2.24, 2.45) is 11.8 Å². The van der Waals surface area contributed by atoms with Gasteiger partial charge in [0.1, 0.15) is 6.61 Å². The number of fused-ring (bicyclic) bond motifs is 3. The molecule has 0 saturated heterocycles. The van der Waals surface area contributed by atoms with E-state index in [9.17, 15) is 19.5 Å². The van der Waals surface area contributed by atoms with Gasteiger partial charge < -0.3 is 20.5 Å². The Bertz CT molecular complexity index is 1050. The molecule has 2 saturated carbocycles. The summed E-state index contributed by atoms with van der Waals surface area (Å²) < 4.78 is 5.65. The van der Waals surface area contributed by atoms with Crippen LogP contribution in [0, 0.1) is 11.8 Å². The predicted molar refractivity (Wildman–Crippen MR) is 126 cm³/mol. The molecule has 7 heteroatoms. The van der Waals surface area contributed by atoms with Crippen molar-refractivity contribution in [2.45, 2.75) is 56.5 Å². The van der Waals surface area contributed by atoms with Gasteiger partial charge in [0, 0.05) is 24.4 Å². The van der Waals surface area contributed by atoms with Crippen molar-refractivity contribution in [2.75, 3.05) is 6.61 Å². The van der Waals surface area contributed by atoms with E-state index in [0.717, 1.165) is 30.4 Å². The lowest BCUT2D eigenvalue weighted by molar-refractivity contribution is -0.142. The molecule has 178 valence electrons. The number of carbonyl (C=O) groups excluding carboxylic acids is 2. The van der Waals surface area contributed by atoms with E-state index in [1.54, 1.807) is 0 Å². The molecule has 3 atom stereocenters. The van der Waals surface area contributed by atoms with Gasteiger partial charge in [-0.25, -0.2) is 4.79 Å². The summed E-state index contributed by atoms with van der Waals surface area (Å²) in [5.74, 6) is -1.37. The highest BCUT2D eigenvalue weighted by molar-refractivity contribution is 5.80. The van der Waals surface area contributed by atoms with Crippen LogP contribution in [0.3, 0.4) is 0 Å². The maximum absolute atomic E-state index is 12.7. The number of hydrogen-bond donors (Lipinski definition) is 3. The molecule has 0 spiro atoms. The predicted octanol–water partition coefficient (Wildman–Crippen LogP) is 4.06. The normalized spacial score (nSPS) is 21.9. The van der Waals surface area contributed by atoms with E-state index in [0.29, 0.717) is 12.8 Å². The molecule has 34 heavy (non-hydrogen) atoms. The highest BCUT2D eigenvalue weighted by atomic mass is 16.5. The topological polar surface area (TPSA) is 105 Å². The summed E-state index contributed by atoms with van der Waals surface area (Å²) in [6.45, 7) is 0.228. The Kier molecular flexibility index (Phi) is 6.26. The zero-order chi connectivity index (χ0) is 23.7. The molecule has 2 amide bonds. The third-order valence-corrected chi connectivity index (χ3v) is 7.42. The molecule has 2 fully saturated rings. The summed E-state index contributed by atoms with van der Waals surface area (Å²) in [5.41, 5.74) is 4.65. The number of carbonyl (C=O) groups is 3. The molecule has 2 aromatic rings. The van der Waals surface area contributed by atoms with E-state index in [2.05, 4.69) is 34.9 Å². The second kappa shape index (κ2) is 9.49. The van der Waals surface area contributed by atoms with Crippen molar-refractivity contribution in [3.8, 4) is 11.1 Å². The molecule has 3 N–H and O–H groups in total. The number of benzene rings is 2. The molecular weight excluding hydrogens is 432 g/mol. The number of ether oxygens (including phenoxy) is 1. The van der Waals surface area contributed by atoms with Crippen LogP contribution < -0.4 is 10.6 Å². The number of carboxylic acids is 1. The lowest BCUT2D eigenvalue weighted by Gasteiger charge is -2.22. The van der Waals surface area contributed by atoms with Gasteiger partial charge >= 0.3 is 12.1 Å². The molecule has 0 bridgehead atoms. The summed E-state index contributed by atoms with van der Waals surface area (Å²) >= 11 is 0. The Morgan fingerprint density at radius 3 is 2.21 bits per heavy atom. The number of nitrogens with one attached hydrogen (secondary N) is 2. The van der Waals surface area contributed by atoms with E-state index in [-0.39, 0.29) is 42.9 Å². The third kappa shape index (κ3) is 4.65. The SMILES string of the molecule is O=C(CC(NC(=O)OCC1c2ccccc2-c2ccccc21)C1CC1)N[C@H]1CCC[C@H]1C(=O)O. The standard InChI is InChI=1S/C27H30N2O5/c30-25(28-23-11-5-10-21(23)26(31)32)14-24(16-12-13-16)29-27(33)34-15-22-19-8-3-1-6-17(19)18-7-2-4-9-20(18)22/h1-4,6-9,16,21-24H,5,10-15H2,(H,28,30)(H,29,33)(H,31,32)/t21-,23+,24?/m1/s1. The van der Waals surface area contributed by atoms with Crippen LogP contribution in [-0.4, -0.2) is 41.8 Å². The summed E-state index contributed by atoms with van der Waals surface area (Å²) in [5, 5.41) is 15.1. The van der Waals surface area contributed by atoms with Gasteiger partial charge in [0.25, 0.3) is 0 Å². The van der Waals surface area contributed by atoms with Gasteiger partial charge in [-0.2, -0.15) is 0 Å². The van der Waals surface area contributed by atoms with Crippen LogP contribution in [0.5, 0.6) is 0 Å². The summed E-state index contributed by atoms with van der Waals surface area (Å²) in [6.07, 6.45) is 3.60. The van der Waals surface area contributed by atoms with Crippen LogP contribution >= 0.6 is 0 Å². The van der Waals surface area contributed by atoms with E-state index >= 15 is 0 Å². The fourth-order valence-electron chi connectivity index (χ4n) is 5.52. The zero-order valence-electron chi connectivity index (χ0n) is 19.0. The molecule has 3 aliphatic carbocycles. The van der Waals surface area contributed by atoms with Gasteiger partial charge in [0.05, 0.1) is 5.92 Å². The van der Waals surface area contributed by atoms with Gasteiger partial charge in [-0.1, -0.05) is 55.0 Å². The van der Waals surface area contributed by atoms with Crippen molar-refractivity contribution in [1.82, 2.24) is 10.6 Å². The summed E-state index contributed by atoms with van der Waals surface area (Å²) in [4.78, 5) is 36.7. The molecule has 0 heterocycles. The minimum absolute atomic E-state index is 0.0175. The minimum atomic E-state index is -0.863. The highest BCUT2D eigenvalue weighted by Crippen LogP contribution is 2.44. The van der Waals surface area contributed by atoms with Crippen molar-refractivity contribution in [1.29, 1.82) is 0 Å². The molecule has 1 unspecified atom stereocenters. The van der Waals surface area contributed by atoms with Gasteiger partial charge in [-0.05, 0) is 53.9 Å². The van der Waals surface area contributed by atoms with Crippen molar-refractivity contribution in [3.05, 3.63) is 59.7 Å². The second-order valence-electron chi connectivity index (χ2n) is 9.67. The molecular formula is C27H30N2O5. The summed E-state index contributed by atoms with van der Waals surface area (Å²) in [6, 6.07) is 15.7. The maximum Gasteiger partial charge on any atom is 0.407 e. The monoisotopic (exact) mass is 462 g/mol. The van der Waals surface area contributed by atoms with Crippen molar-refractivity contribution < 1.29 is 24.2 Å². The number of aliphatic carboxylic acids is 1. The Labute approximate surface area is 198 Å². The Morgan fingerprint density at radius 1 is 0.941 bits per heavy atom. The molecule has 0 aliphatic heterocycles. The molecule has 5 rings (SSSR count). The van der Waals surface area contributed by atoms with E-state index in [1.807, 2.05) is 24.3 Å². The van der Waals surface area contributed by atoms with Crippen molar-refractivity contribution in [3.63, 3.8) is 0 Å². The largest absolute Gasteiger partial charge is 0.481 e. The lowest BCUT2D eigenvalue weighted by atomic mass is 9.98. The number of hydrogen-bond acceptors (Lipinski definition) is 4. The van der Waals surface area contributed by atoms with E-state index < -0.39 is 18.0 Å². The van der Waals surface area contributed by atoms with Gasteiger partial charge in [0.15, 0.2) is 0 Å². The van der Waals surface area contributed by atoms with Crippen molar-refractivity contribution >= 4 is 18.0 Å². The maximum atomic E-state index is 12.7. The minimum Gasteiger partial charge on any atom is -0.481 e. The van der Waals surface area contributed by atoms with E-state index in [4.69, 9.17) is 4.74 Å². The molecule has 7 nitrogen and oxygen atoms in total.